The summed E-state index contributed by atoms with van der Waals surface area (Å²) in [4.78, 5) is 13.0. The lowest BCUT2D eigenvalue weighted by Crippen LogP contribution is -2.02. The van der Waals surface area contributed by atoms with E-state index in [0.717, 1.165) is 6.42 Å². The summed E-state index contributed by atoms with van der Waals surface area (Å²) >= 11 is 3.03. The summed E-state index contributed by atoms with van der Waals surface area (Å²) in [6, 6.07) is 0. The van der Waals surface area contributed by atoms with E-state index in [2.05, 4.69) is 26.7 Å². The second kappa shape index (κ2) is 3.77. The van der Waals surface area contributed by atoms with Crippen LogP contribution in [0.4, 0.5) is 0 Å². The molecule has 0 amide bonds. The molecule has 11 heavy (non-hydrogen) atoms. The third kappa shape index (κ3) is 2.94. The van der Waals surface area contributed by atoms with Crippen molar-refractivity contribution in [1.82, 2.24) is 0 Å². The van der Waals surface area contributed by atoms with Crippen molar-refractivity contribution in [2.45, 2.75) is 13.3 Å². The van der Waals surface area contributed by atoms with Gasteiger partial charge in [0, 0.05) is 34.7 Å². The van der Waals surface area contributed by atoms with Gasteiger partial charge in [-0.25, -0.2) is 0 Å². The highest BCUT2D eigenvalue weighted by atomic mass is 79.9. The highest BCUT2D eigenvalue weighted by Crippen LogP contribution is 2.37. The monoisotopic (exact) mass is 216 g/mol. The Morgan fingerprint density at radius 1 is 1.82 bits per heavy atom. The first-order valence-electron chi connectivity index (χ1n) is 3.48. The van der Waals surface area contributed by atoms with Crippen molar-refractivity contribution in [1.29, 1.82) is 0 Å². The van der Waals surface area contributed by atoms with Gasteiger partial charge in [-0.2, -0.15) is 0 Å². The summed E-state index contributed by atoms with van der Waals surface area (Å²) in [7, 11) is 0. The molecule has 0 unspecified atom stereocenters. The van der Waals surface area contributed by atoms with Gasteiger partial charge in [-0.15, -0.1) is 0 Å². The molecule has 0 aromatic rings. The first-order valence-corrected chi connectivity index (χ1v) is 4.28. The summed E-state index contributed by atoms with van der Waals surface area (Å²) in [5, 5.41) is 0. The quantitative estimate of drug-likeness (QED) is 0.518. The Kier molecular flexibility index (Phi) is 2.95. The van der Waals surface area contributed by atoms with Gasteiger partial charge in [0.1, 0.15) is 0 Å². The molecule has 0 radical (unpaired) electrons. The maximum absolute atomic E-state index is 10.4. The van der Waals surface area contributed by atoms with Gasteiger partial charge < -0.3 is 4.74 Å². The van der Waals surface area contributed by atoms with Gasteiger partial charge >= 0.3 is 5.97 Å². The Morgan fingerprint density at radius 3 is 3.09 bits per heavy atom. The average Bonchev–Trinajstić information content (AvgIpc) is 2.64. The normalized spacial score (nSPS) is 26.7. The molecule has 1 rings (SSSR count). The van der Waals surface area contributed by atoms with E-state index in [9.17, 15) is 4.79 Å². The summed E-state index contributed by atoms with van der Waals surface area (Å²) in [5.41, 5.74) is 0. The van der Waals surface area contributed by atoms with E-state index in [-0.39, 0.29) is 5.97 Å². The Bertz CT molecular complexity index is 214. The largest absolute Gasteiger partial charge is 0.466 e. The van der Waals surface area contributed by atoms with E-state index in [1.807, 2.05) is 0 Å². The van der Waals surface area contributed by atoms with Crippen LogP contribution in [0, 0.1) is 22.6 Å². The van der Waals surface area contributed by atoms with E-state index >= 15 is 0 Å². The first kappa shape index (κ1) is 8.61. The number of carbonyl (C=O) groups is 1. The fraction of sp³-hybridized carbons (Fsp3) is 0.625. The van der Waals surface area contributed by atoms with Crippen molar-refractivity contribution in [3.63, 3.8) is 0 Å². The minimum Gasteiger partial charge on any atom is -0.466 e. The third-order valence-corrected chi connectivity index (χ3v) is 1.89. The van der Waals surface area contributed by atoms with Crippen LogP contribution in [0.25, 0.3) is 0 Å². The van der Waals surface area contributed by atoms with Crippen molar-refractivity contribution in [3.8, 4) is 10.8 Å². The van der Waals surface area contributed by atoms with Gasteiger partial charge in [-0.3, -0.25) is 4.79 Å². The molecule has 1 fully saturated rings. The Labute approximate surface area is 74.4 Å². The summed E-state index contributed by atoms with van der Waals surface area (Å²) in [6.45, 7) is 1.95. The van der Waals surface area contributed by atoms with Crippen LogP contribution in [0.2, 0.25) is 0 Å². The number of carbonyl (C=O) groups excluding carboxylic acids is 1. The highest BCUT2D eigenvalue weighted by molar-refractivity contribution is 9.12. The molecule has 1 aliphatic carbocycles. The molecular weight excluding hydrogens is 208 g/mol. The fourth-order valence-electron chi connectivity index (χ4n) is 0.903. The molecule has 60 valence electrons. The number of hydrogen-bond acceptors (Lipinski definition) is 2. The zero-order valence-electron chi connectivity index (χ0n) is 6.26. The molecule has 0 saturated heterocycles. The van der Waals surface area contributed by atoms with Gasteiger partial charge in [0.15, 0.2) is 0 Å². The van der Waals surface area contributed by atoms with Crippen molar-refractivity contribution < 1.29 is 9.53 Å². The van der Waals surface area contributed by atoms with E-state index in [0.29, 0.717) is 18.4 Å². The lowest BCUT2D eigenvalue weighted by Gasteiger charge is -1.96. The first-order chi connectivity index (χ1) is 5.24. The van der Waals surface area contributed by atoms with Crippen LogP contribution in [-0.4, -0.2) is 12.6 Å². The number of hydrogen-bond donors (Lipinski definition) is 0. The third-order valence-electron chi connectivity index (χ3n) is 1.66. The summed E-state index contributed by atoms with van der Waals surface area (Å²) in [5.74, 6) is 3.68. The highest BCUT2D eigenvalue weighted by Gasteiger charge is 2.36. The lowest BCUT2D eigenvalue weighted by atomic mass is 10.3. The van der Waals surface area contributed by atoms with E-state index < -0.39 is 0 Å². The molecule has 0 N–H and O–H groups in total. The lowest BCUT2D eigenvalue weighted by molar-refractivity contribution is -0.141. The van der Waals surface area contributed by atoms with Crippen LogP contribution >= 0.6 is 15.9 Å². The molecule has 3 heteroatoms. The van der Waals surface area contributed by atoms with Gasteiger partial charge in [0.25, 0.3) is 0 Å². The Balaban J connectivity index is 2.12. The number of rotatable bonds is 2. The van der Waals surface area contributed by atoms with Crippen molar-refractivity contribution >= 4 is 21.9 Å². The average molecular weight is 217 g/mol. The SMILES string of the molecule is CC(=O)OC[C@H]1C[C@@H]1C#CBr. The van der Waals surface area contributed by atoms with Crippen LogP contribution < -0.4 is 0 Å². The van der Waals surface area contributed by atoms with Crippen LogP contribution in [0.5, 0.6) is 0 Å². The van der Waals surface area contributed by atoms with Crippen LogP contribution in [0.3, 0.4) is 0 Å². The Hall–Kier alpha value is -0.490. The zero-order valence-corrected chi connectivity index (χ0v) is 7.85. The molecule has 1 saturated carbocycles. The predicted molar refractivity (Wildman–Crippen MR) is 44.9 cm³/mol. The molecule has 0 spiro atoms. The molecule has 0 bridgehead atoms. The smallest absolute Gasteiger partial charge is 0.302 e. The molecule has 2 atom stereocenters. The topological polar surface area (TPSA) is 26.3 Å². The van der Waals surface area contributed by atoms with Gasteiger partial charge in [-0.1, -0.05) is 5.92 Å². The molecule has 1 aliphatic rings. The van der Waals surface area contributed by atoms with Crippen LogP contribution in [0.1, 0.15) is 13.3 Å². The second-order valence-corrected chi connectivity index (χ2v) is 3.04. The molecule has 2 nitrogen and oxygen atoms in total. The number of halogens is 1. The van der Waals surface area contributed by atoms with Gasteiger partial charge in [-0.05, 0) is 11.3 Å². The molecule has 0 aromatic heterocycles. The molecular formula is C8H9BrO2. The minimum absolute atomic E-state index is 0.206. The van der Waals surface area contributed by atoms with Crippen LogP contribution in [-0.2, 0) is 9.53 Å². The van der Waals surface area contributed by atoms with Crippen molar-refractivity contribution in [2.75, 3.05) is 6.61 Å². The van der Waals surface area contributed by atoms with Gasteiger partial charge in [0.2, 0.25) is 0 Å². The second-order valence-electron chi connectivity index (χ2n) is 2.64. The van der Waals surface area contributed by atoms with Crippen LogP contribution in [0.15, 0.2) is 0 Å². The molecule has 0 aliphatic heterocycles. The van der Waals surface area contributed by atoms with Crippen molar-refractivity contribution in [2.24, 2.45) is 11.8 Å². The fourth-order valence-corrected chi connectivity index (χ4v) is 1.20. The van der Waals surface area contributed by atoms with E-state index in [1.165, 1.54) is 6.92 Å². The summed E-state index contributed by atoms with van der Waals surface area (Å²) in [6.07, 6.45) is 1.06. The number of esters is 1. The van der Waals surface area contributed by atoms with Crippen molar-refractivity contribution in [3.05, 3.63) is 0 Å². The van der Waals surface area contributed by atoms with E-state index in [1.54, 1.807) is 0 Å². The van der Waals surface area contributed by atoms with Gasteiger partial charge in [0.05, 0.1) is 6.61 Å². The predicted octanol–water partition coefficient (Wildman–Crippen LogP) is 1.54. The maximum atomic E-state index is 10.4. The minimum atomic E-state index is -0.206. The maximum Gasteiger partial charge on any atom is 0.302 e. The summed E-state index contributed by atoms with van der Waals surface area (Å²) < 4.78 is 4.82. The molecule has 0 aromatic carbocycles. The van der Waals surface area contributed by atoms with E-state index in [4.69, 9.17) is 4.74 Å². The molecule has 0 heterocycles. The standard InChI is InChI=1S/C8H9BrO2/c1-6(10)11-5-8-4-7(8)2-3-9/h7-8H,4-5H2,1H3/t7-,8+/m0/s1. The Morgan fingerprint density at radius 2 is 2.55 bits per heavy atom. The number of ether oxygens (including phenoxy) is 1. The zero-order chi connectivity index (χ0) is 8.27.